The first-order valence-electron chi connectivity index (χ1n) is 6.87. The summed E-state index contributed by atoms with van der Waals surface area (Å²) < 4.78 is 5.14. The van der Waals surface area contributed by atoms with Crippen molar-refractivity contribution in [2.24, 2.45) is 0 Å². The van der Waals surface area contributed by atoms with Gasteiger partial charge in [-0.25, -0.2) is 0 Å². The second-order valence-corrected chi connectivity index (χ2v) is 4.70. The van der Waals surface area contributed by atoms with Gasteiger partial charge in [0.1, 0.15) is 0 Å². The molecule has 2 heteroatoms. The molecule has 2 rings (SSSR count). The van der Waals surface area contributed by atoms with Crippen LogP contribution in [0.2, 0.25) is 0 Å². The van der Waals surface area contributed by atoms with Crippen LogP contribution in [0.15, 0.2) is 60.7 Å². The minimum absolute atomic E-state index is 0.668. The van der Waals surface area contributed by atoms with Crippen LogP contribution in [-0.4, -0.2) is 13.7 Å². The van der Waals surface area contributed by atoms with E-state index in [2.05, 4.69) is 66.0 Å². The summed E-state index contributed by atoms with van der Waals surface area (Å²) in [6.07, 6.45) is 4.28. The minimum atomic E-state index is 0.668. The van der Waals surface area contributed by atoms with Crippen molar-refractivity contribution in [1.82, 2.24) is 5.32 Å². The average molecular weight is 267 g/mol. The predicted molar refractivity (Wildman–Crippen MR) is 84.3 cm³/mol. The number of hydrogen-bond donors (Lipinski definition) is 1. The minimum Gasteiger partial charge on any atom is -0.380 e. The number of benzene rings is 2. The van der Waals surface area contributed by atoms with Crippen molar-refractivity contribution < 1.29 is 4.74 Å². The lowest BCUT2D eigenvalue weighted by atomic mass is 10.1. The first-order chi connectivity index (χ1) is 9.88. The lowest BCUT2D eigenvalue weighted by Gasteiger charge is -2.05. The van der Waals surface area contributed by atoms with E-state index in [4.69, 9.17) is 4.74 Å². The zero-order chi connectivity index (χ0) is 14.0. The fraction of sp³-hybridized carbons (Fsp3) is 0.222. The number of rotatable bonds is 7. The molecular weight excluding hydrogens is 246 g/mol. The second-order valence-electron chi connectivity index (χ2n) is 4.70. The Morgan fingerprint density at radius 3 is 2.60 bits per heavy atom. The van der Waals surface area contributed by atoms with Gasteiger partial charge in [-0.15, -0.1) is 0 Å². The molecule has 0 heterocycles. The van der Waals surface area contributed by atoms with Crippen molar-refractivity contribution in [3.8, 4) is 0 Å². The molecule has 0 aromatic heterocycles. The Kier molecular flexibility index (Phi) is 6.03. The first kappa shape index (κ1) is 14.5. The van der Waals surface area contributed by atoms with Gasteiger partial charge >= 0.3 is 0 Å². The second kappa shape index (κ2) is 8.31. The summed E-state index contributed by atoms with van der Waals surface area (Å²) in [6, 6.07) is 18.8. The van der Waals surface area contributed by atoms with Gasteiger partial charge in [0.25, 0.3) is 0 Å². The molecule has 0 aliphatic carbocycles. The van der Waals surface area contributed by atoms with Crippen LogP contribution >= 0.6 is 0 Å². The summed E-state index contributed by atoms with van der Waals surface area (Å²) in [5.74, 6) is 0. The Labute approximate surface area is 121 Å². The van der Waals surface area contributed by atoms with Crippen LogP contribution in [0.5, 0.6) is 0 Å². The van der Waals surface area contributed by atoms with E-state index >= 15 is 0 Å². The summed E-state index contributed by atoms with van der Waals surface area (Å²) in [5, 5.41) is 3.41. The monoisotopic (exact) mass is 267 g/mol. The average Bonchev–Trinajstić information content (AvgIpc) is 2.49. The van der Waals surface area contributed by atoms with E-state index < -0.39 is 0 Å². The Balaban J connectivity index is 1.76. The molecule has 0 saturated carbocycles. The molecule has 0 unspecified atom stereocenters. The molecule has 0 radical (unpaired) electrons. The van der Waals surface area contributed by atoms with Crippen LogP contribution in [0.25, 0.3) is 6.08 Å². The molecule has 104 valence electrons. The highest BCUT2D eigenvalue weighted by Gasteiger charge is 1.95. The fourth-order valence-corrected chi connectivity index (χ4v) is 2.06. The van der Waals surface area contributed by atoms with Crippen molar-refractivity contribution in [1.29, 1.82) is 0 Å². The molecule has 0 saturated heterocycles. The molecule has 2 aromatic carbocycles. The third-order valence-electron chi connectivity index (χ3n) is 3.00. The highest BCUT2D eigenvalue weighted by Crippen LogP contribution is 2.06. The molecule has 0 spiro atoms. The maximum absolute atomic E-state index is 5.14. The molecule has 0 amide bonds. The largest absolute Gasteiger partial charge is 0.380 e. The van der Waals surface area contributed by atoms with Crippen LogP contribution in [0.4, 0.5) is 0 Å². The van der Waals surface area contributed by atoms with Crippen LogP contribution in [0.1, 0.15) is 16.7 Å². The number of ether oxygens (including phenoxy) is 1. The molecule has 20 heavy (non-hydrogen) atoms. The number of nitrogens with one attached hydrogen (secondary N) is 1. The Morgan fingerprint density at radius 1 is 1.00 bits per heavy atom. The van der Waals surface area contributed by atoms with Crippen molar-refractivity contribution in [3.05, 3.63) is 77.4 Å². The SMILES string of the molecule is COCc1cccc(CNCC=Cc2ccccc2)c1. The van der Waals surface area contributed by atoms with Gasteiger partial charge in [0, 0.05) is 20.2 Å². The highest BCUT2D eigenvalue weighted by atomic mass is 16.5. The standard InChI is InChI=1S/C18H21NO/c1-20-15-18-10-5-9-17(13-18)14-19-12-6-11-16-7-3-2-4-8-16/h2-11,13,19H,12,14-15H2,1H3. The van der Waals surface area contributed by atoms with Crippen LogP contribution in [-0.2, 0) is 17.9 Å². The third-order valence-corrected chi connectivity index (χ3v) is 3.00. The van der Waals surface area contributed by atoms with Crippen LogP contribution < -0.4 is 5.32 Å². The normalized spacial score (nSPS) is 11.1. The van der Waals surface area contributed by atoms with Crippen LogP contribution in [0, 0.1) is 0 Å². The number of hydrogen-bond acceptors (Lipinski definition) is 2. The predicted octanol–water partition coefficient (Wildman–Crippen LogP) is 3.64. The molecule has 0 bridgehead atoms. The Morgan fingerprint density at radius 2 is 1.80 bits per heavy atom. The molecule has 0 aliphatic heterocycles. The highest BCUT2D eigenvalue weighted by molar-refractivity contribution is 5.48. The van der Waals surface area contributed by atoms with Gasteiger partial charge in [0.15, 0.2) is 0 Å². The van der Waals surface area contributed by atoms with E-state index in [0.717, 1.165) is 13.1 Å². The number of methoxy groups -OCH3 is 1. The Hall–Kier alpha value is -1.90. The lowest BCUT2D eigenvalue weighted by Crippen LogP contribution is -2.12. The van der Waals surface area contributed by atoms with Gasteiger partial charge in [-0.2, -0.15) is 0 Å². The van der Waals surface area contributed by atoms with Crippen molar-refractivity contribution in [2.75, 3.05) is 13.7 Å². The first-order valence-corrected chi connectivity index (χ1v) is 6.87. The molecule has 0 aliphatic rings. The van der Waals surface area contributed by atoms with E-state index in [1.807, 2.05) is 6.07 Å². The quantitative estimate of drug-likeness (QED) is 0.773. The third kappa shape index (κ3) is 5.00. The molecule has 0 atom stereocenters. The smallest absolute Gasteiger partial charge is 0.0713 e. The van der Waals surface area contributed by atoms with Gasteiger partial charge in [0.2, 0.25) is 0 Å². The summed E-state index contributed by atoms with van der Waals surface area (Å²) in [5.41, 5.74) is 3.73. The molecule has 0 fully saturated rings. The van der Waals surface area contributed by atoms with E-state index in [1.54, 1.807) is 7.11 Å². The zero-order valence-electron chi connectivity index (χ0n) is 11.9. The molecular formula is C18H21NO. The fourth-order valence-electron chi connectivity index (χ4n) is 2.06. The van der Waals surface area contributed by atoms with Gasteiger partial charge in [0.05, 0.1) is 6.61 Å². The van der Waals surface area contributed by atoms with Gasteiger partial charge in [-0.3, -0.25) is 0 Å². The topological polar surface area (TPSA) is 21.3 Å². The van der Waals surface area contributed by atoms with Gasteiger partial charge < -0.3 is 10.1 Å². The summed E-state index contributed by atoms with van der Waals surface area (Å²) >= 11 is 0. The molecule has 2 aromatic rings. The van der Waals surface area contributed by atoms with E-state index in [-0.39, 0.29) is 0 Å². The molecule has 1 N–H and O–H groups in total. The van der Waals surface area contributed by atoms with Crippen molar-refractivity contribution >= 4 is 6.08 Å². The Bertz CT molecular complexity index is 534. The van der Waals surface area contributed by atoms with Gasteiger partial charge in [-0.1, -0.05) is 66.7 Å². The summed E-state index contributed by atoms with van der Waals surface area (Å²) in [4.78, 5) is 0. The summed E-state index contributed by atoms with van der Waals surface area (Å²) in [6.45, 7) is 2.40. The zero-order valence-corrected chi connectivity index (χ0v) is 11.9. The van der Waals surface area contributed by atoms with E-state index in [1.165, 1.54) is 16.7 Å². The van der Waals surface area contributed by atoms with Crippen molar-refractivity contribution in [3.63, 3.8) is 0 Å². The van der Waals surface area contributed by atoms with E-state index in [0.29, 0.717) is 6.61 Å². The van der Waals surface area contributed by atoms with Crippen LogP contribution in [0.3, 0.4) is 0 Å². The maximum Gasteiger partial charge on any atom is 0.0713 e. The summed E-state index contributed by atoms with van der Waals surface area (Å²) in [7, 11) is 1.72. The van der Waals surface area contributed by atoms with Crippen molar-refractivity contribution in [2.45, 2.75) is 13.2 Å². The lowest BCUT2D eigenvalue weighted by molar-refractivity contribution is 0.185. The molecule has 2 nitrogen and oxygen atoms in total. The van der Waals surface area contributed by atoms with E-state index in [9.17, 15) is 0 Å². The maximum atomic E-state index is 5.14. The van der Waals surface area contributed by atoms with Gasteiger partial charge in [-0.05, 0) is 16.7 Å².